The van der Waals surface area contributed by atoms with Crippen LogP contribution in [-0.4, -0.2) is 36.7 Å². The van der Waals surface area contributed by atoms with Gasteiger partial charge in [0.2, 0.25) is 0 Å². The maximum Gasteiger partial charge on any atom is 0.325 e. The van der Waals surface area contributed by atoms with Gasteiger partial charge in [-0.1, -0.05) is 57.2 Å². The molecule has 6 nitrogen and oxygen atoms in total. The summed E-state index contributed by atoms with van der Waals surface area (Å²) in [5.74, 6) is 0.257. The Morgan fingerprint density at radius 1 is 0.923 bits per heavy atom. The molecule has 0 heterocycles. The third-order valence-electron chi connectivity index (χ3n) is 7.67. The van der Waals surface area contributed by atoms with Gasteiger partial charge >= 0.3 is 5.97 Å². The third kappa shape index (κ3) is 6.44. The Hall–Kier alpha value is -3.80. The summed E-state index contributed by atoms with van der Waals surface area (Å²) in [7, 11) is 1.29. The molecule has 0 aliphatic carbocycles. The summed E-state index contributed by atoms with van der Waals surface area (Å²) in [5, 5.41) is 15.0. The number of carbonyl (C=O) groups is 2. The Balaban J connectivity index is 1.94. The number of ether oxygens (including phenoxy) is 2. The van der Waals surface area contributed by atoms with E-state index < -0.39 is 5.97 Å². The van der Waals surface area contributed by atoms with Gasteiger partial charge in [-0.15, -0.1) is 0 Å². The zero-order chi connectivity index (χ0) is 28.7. The number of fused-ring (bicyclic) bond motifs is 1. The summed E-state index contributed by atoms with van der Waals surface area (Å²) in [6.07, 6.45) is 2.14. The van der Waals surface area contributed by atoms with E-state index in [1.54, 1.807) is 6.07 Å². The van der Waals surface area contributed by atoms with Crippen LogP contribution in [-0.2, 0) is 14.9 Å². The molecule has 0 radical (unpaired) electrons. The van der Waals surface area contributed by atoms with Crippen LogP contribution in [0.3, 0.4) is 0 Å². The Bertz CT molecular complexity index is 1370. The van der Waals surface area contributed by atoms with E-state index in [2.05, 4.69) is 54.2 Å². The van der Waals surface area contributed by atoms with Crippen LogP contribution in [0, 0.1) is 6.92 Å². The fraction of sp³-hybridized carbons (Fsp3) is 0.394. The predicted molar refractivity (Wildman–Crippen MR) is 157 cm³/mol. The lowest BCUT2D eigenvalue weighted by Crippen LogP contribution is -2.30. The molecule has 0 aromatic heterocycles. The van der Waals surface area contributed by atoms with E-state index in [4.69, 9.17) is 4.74 Å². The van der Waals surface area contributed by atoms with Gasteiger partial charge in [-0.2, -0.15) is 0 Å². The van der Waals surface area contributed by atoms with E-state index in [0.29, 0.717) is 12.0 Å². The van der Waals surface area contributed by atoms with Crippen LogP contribution in [0.1, 0.15) is 80.9 Å². The van der Waals surface area contributed by atoms with Crippen molar-refractivity contribution in [3.8, 4) is 5.75 Å². The molecule has 3 rings (SSSR count). The van der Waals surface area contributed by atoms with Crippen LogP contribution in [0.4, 0.5) is 0 Å². The van der Waals surface area contributed by atoms with Crippen molar-refractivity contribution in [2.75, 3.05) is 13.7 Å². The minimum Gasteiger partial charge on any atom is -0.508 e. The second kappa shape index (κ2) is 12.8. The normalized spacial score (nSPS) is 12.1. The Kier molecular flexibility index (Phi) is 9.79. The lowest BCUT2D eigenvalue weighted by molar-refractivity contribution is -0.139. The fourth-order valence-corrected chi connectivity index (χ4v) is 5.13. The van der Waals surface area contributed by atoms with Gasteiger partial charge in [0.25, 0.3) is 5.91 Å². The minimum atomic E-state index is -0.490. The number of hydrogen-bond acceptors (Lipinski definition) is 5. The van der Waals surface area contributed by atoms with Crippen LogP contribution in [0.5, 0.6) is 5.75 Å². The summed E-state index contributed by atoms with van der Waals surface area (Å²) < 4.78 is 10.8. The number of methoxy groups -OCH3 is 1. The average Bonchev–Trinajstić information content (AvgIpc) is 2.95. The summed E-state index contributed by atoms with van der Waals surface area (Å²) in [4.78, 5) is 23.8. The van der Waals surface area contributed by atoms with Crippen molar-refractivity contribution in [3.05, 3.63) is 88.2 Å². The van der Waals surface area contributed by atoms with Crippen molar-refractivity contribution < 1.29 is 24.2 Å². The molecule has 0 fully saturated rings. The quantitative estimate of drug-likeness (QED) is 0.202. The third-order valence-corrected chi connectivity index (χ3v) is 7.67. The van der Waals surface area contributed by atoms with E-state index in [1.165, 1.54) is 18.2 Å². The smallest absolute Gasteiger partial charge is 0.325 e. The number of hydrogen-bond donors (Lipinski definition) is 2. The van der Waals surface area contributed by atoms with Crippen molar-refractivity contribution in [2.45, 2.75) is 72.3 Å². The van der Waals surface area contributed by atoms with Gasteiger partial charge in [-0.25, -0.2) is 0 Å². The molecule has 3 aromatic rings. The maximum absolute atomic E-state index is 12.5. The number of nitrogens with one attached hydrogen (secondary N) is 1. The molecule has 0 bridgehead atoms. The van der Waals surface area contributed by atoms with Crippen LogP contribution in [0.25, 0.3) is 10.8 Å². The van der Waals surface area contributed by atoms with E-state index >= 15 is 0 Å². The van der Waals surface area contributed by atoms with E-state index in [0.717, 1.165) is 40.5 Å². The zero-order valence-electron chi connectivity index (χ0n) is 24.2. The molecule has 0 aliphatic heterocycles. The number of rotatable bonds is 11. The van der Waals surface area contributed by atoms with Crippen LogP contribution >= 0.6 is 0 Å². The Morgan fingerprint density at radius 3 is 2.13 bits per heavy atom. The molecule has 0 aliphatic rings. The first kappa shape index (κ1) is 29.8. The first-order valence-corrected chi connectivity index (χ1v) is 13.6. The standard InChI is InChI=1S/C33H41NO5/c1-8-28(31(36)21(4)5)39-29-16-15-26(17-22(29)6)33(9-2,10-3)27-14-13-23-18-25(12-11-24(23)19-27)32(37)34-20-30(35)38-7/h11-19,28,36H,8-10,20H2,1-7H3,(H,34,37). The monoisotopic (exact) mass is 531 g/mol. The number of amides is 1. The molecule has 2 N–H and O–H groups in total. The molecular formula is C33H41NO5. The predicted octanol–water partition coefficient (Wildman–Crippen LogP) is 7.17. The first-order valence-electron chi connectivity index (χ1n) is 13.6. The van der Waals surface area contributed by atoms with Gasteiger partial charge in [0.05, 0.1) is 7.11 Å². The molecule has 3 aromatic carbocycles. The maximum atomic E-state index is 12.5. The van der Waals surface area contributed by atoms with Gasteiger partial charge in [0, 0.05) is 11.0 Å². The highest BCUT2D eigenvalue weighted by molar-refractivity contribution is 5.99. The number of benzene rings is 3. The Morgan fingerprint density at radius 2 is 1.54 bits per heavy atom. The molecular weight excluding hydrogens is 490 g/mol. The van der Waals surface area contributed by atoms with Crippen molar-refractivity contribution in [1.82, 2.24) is 5.32 Å². The molecule has 1 unspecified atom stereocenters. The van der Waals surface area contributed by atoms with Gasteiger partial charge in [-0.05, 0) is 91.3 Å². The summed E-state index contributed by atoms with van der Waals surface area (Å²) in [6.45, 7) is 12.1. The first-order chi connectivity index (χ1) is 18.6. The number of aliphatic hydroxyl groups excluding tert-OH is 1. The molecule has 208 valence electrons. The molecule has 0 spiro atoms. The van der Waals surface area contributed by atoms with E-state index in [9.17, 15) is 14.7 Å². The van der Waals surface area contributed by atoms with E-state index in [1.807, 2.05) is 45.9 Å². The van der Waals surface area contributed by atoms with Crippen LogP contribution in [0.2, 0.25) is 0 Å². The lowest BCUT2D eigenvalue weighted by atomic mass is 9.70. The van der Waals surface area contributed by atoms with Crippen molar-refractivity contribution in [3.63, 3.8) is 0 Å². The van der Waals surface area contributed by atoms with Crippen molar-refractivity contribution in [1.29, 1.82) is 0 Å². The number of aryl methyl sites for hydroxylation is 1. The highest BCUT2D eigenvalue weighted by Gasteiger charge is 2.31. The van der Waals surface area contributed by atoms with Crippen LogP contribution < -0.4 is 10.1 Å². The molecule has 1 amide bonds. The van der Waals surface area contributed by atoms with Crippen LogP contribution in [0.15, 0.2) is 65.9 Å². The second-order valence-electron chi connectivity index (χ2n) is 10.2. The minimum absolute atomic E-state index is 0.166. The highest BCUT2D eigenvalue weighted by atomic mass is 16.5. The summed E-state index contributed by atoms with van der Waals surface area (Å²) >= 11 is 0. The van der Waals surface area contributed by atoms with E-state index in [-0.39, 0.29) is 29.7 Å². The highest BCUT2D eigenvalue weighted by Crippen LogP contribution is 2.41. The number of allylic oxidation sites excluding steroid dienone is 1. The molecule has 1 atom stereocenters. The zero-order valence-corrected chi connectivity index (χ0v) is 24.2. The average molecular weight is 532 g/mol. The Labute approximate surface area is 232 Å². The summed E-state index contributed by atoms with van der Waals surface area (Å²) in [5.41, 5.74) is 4.62. The second-order valence-corrected chi connectivity index (χ2v) is 10.2. The number of aliphatic hydroxyl groups is 1. The van der Waals surface area contributed by atoms with Crippen molar-refractivity contribution in [2.24, 2.45) is 0 Å². The largest absolute Gasteiger partial charge is 0.508 e. The topological polar surface area (TPSA) is 84.9 Å². The summed E-state index contributed by atoms with van der Waals surface area (Å²) in [6, 6.07) is 18.3. The molecule has 39 heavy (non-hydrogen) atoms. The van der Waals surface area contributed by atoms with Gasteiger partial charge < -0.3 is 19.9 Å². The van der Waals surface area contributed by atoms with Gasteiger partial charge in [0.1, 0.15) is 18.1 Å². The lowest BCUT2D eigenvalue weighted by Gasteiger charge is -2.34. The number of esters is 1. The van der Waals surface area contributed by atoms with Gasteiger partial charge in [-0.3, -0.25) is 9.59 Å². The molecule has 0 saturated heterocycles. The fourth-order valence-electron chi connectivity index (χ4n) is 5.13. The molecule has 6 heteroatoms. The SMILES string of the molecule is CCC(Oc1ccc(C(CC)(CC)c2ccc3cc(C(=O)NCC(=O)OC)ccc3c2)cc1C)C(O)=C(C)C. The van der Waals surface area contributed by atoms with Crippen molar-refractivity contribution >= 4 is 22.6 Å². The number of carbonyl (C=O) groups excluding carboxylic acids is 2. The van der Waals surface area contributed by atoms with Gasteiger partial charge in [0.15, 0.2) is 6.10 Å². The molecule has 0 saturated carbocycles.